The minimum Gasteiger partial charge on any atom is -0.459 e. The zero-order valence-corrected chi connectivity index (χ0v) is 14.5. The van der Waals surface area contributed by atoms with E-state index in [1.54, 1.807) is 30.3 Å². The topological polar surface area (TPSA) is 46.6 Å². The van der Waals surface area contributed by atoms with E-state index in [0.717, 1.165) is 0 Å². The number of likely N-dealkylation sites (tertiary alicyclic amines) is 1. The summed E-state index contributed by atoms with van der Waals surface area (Å²) < 4.78 is 45.4. The molecular weight excluding hydrogens is 359 g/mol. The summed E-state index contributed by atoms with van der Waals surface area (Å²) in [7, 11) is 0. The highest BCUT2D eigenvalue weighted by molar-refractivity contribution is 5.89. The minimum absolute atomic E-state index is 0.184. The third-order valence-electron chi connectivity index (χ3n) is 4.51. The van der Waals surface area contributed by atoms with Crippen molar-refractivity contribution >= 4 is 11.9 Å². The van der Waals surface area contributed by atoms with Crippen molar-refractivity contribution in [1.82, 2.24) is 4.90 Å². The Bertz CT molecular complexity index is 834. The average Bonchev–Trinajstić information content (AvgIpc) is 2.67. The van der Waals surface area contributed by atoms with Crippen molar-refractivity contribution in [3.8, 4) is 0 Å². The van der Waals surface area contributed by atoms with Crippen LogP contribution in [0.2, 0.25) is 0 Å². The van der Waals surface area contributed by atoms with E-state index in [-0.39, 0.29) is 24.0 Å². The van der Waals surface area contributed by atoms with E-state index in [0.29, 0.717) is 43.6 Å². The van der Waals surface area contributed by atoms with Gasteiger partial charge in [0, 0.05) is 37.6 Å². The smallest absolute Gasteiger partial charge is 0.338 e. The first-order valence-electron chi connectivity index (χ1n) is 8.61. The van der Waals surface area contributed by atoms with E-state index in [4.69, 9.17) is 4.74 Å². The summed E-state index contributed by atoms with van der Waals surface area (Å²) in [6.45, 7) is 0.688. The Hall–Kier alpha value is -2.83. The minimum atomic E-state index is -1.29. The predicted octanol–water partition coefficient (Wildman–Crippen LogP) is 3.49. The summed E-state index contributed by atoms with van der Waals surface area (Å²) >= 11 is 0. The van der Waals surface area contributed by atoms with Gasteiger partial charge in [0.05, 0.1) is 12.0 Å². The summed E-state index contributed by atoms with van der Waals surface area (Å²) in [5.74, 6) is -4.22. The Morgan fingerprint density at radius 2 is 1.59 bits per heavy atom. The Labute approximate surface area is 154 Å². The third kappa shape index (κ3) is 4.67. The zero-order valence-electron chi connectivity index (χ0n) is 14.5. The van der Waals surface area contributed by atoms with E-state index in [1.165, 1.54) is 4.90 Å². The van der Waals surface area contributed by atoms with Crippen LogP contribution in [-0.2, 0) is 16.0 Å². The van der Waals surface area contributed by atoms with Gasteiger partial charge in [0.1, 0.15) is 11.9 Å². The predicted molar refractivity (Wildman–Crippen MR) is 91.5 cm³/mol. The van der Waals surface area contributed by atoms with E-state index in [9.17, 15) is 22.8 Å². The SMILES string of the molecule is O=C(OC1CCN(C(=O)Cc2cc(F)c(F)cc2F)CC1)c1ccccc1. The van der Waals surface area contributed by atoms with Crippen LogP contribution in [0, 0.1) is 17.5 Å². The molecule has 0 saturated carbocycles. The van der Waals surface area contributed by atoms with Crippen molar-refractivity contribution in [2.75, 3.05) is 13.1 Å². The number of benzene rings is 2. The lowest BCUT2D eigenvalue weighted by Gasteiger charge is -2.31. The summed E-state index contributed by atoms with van der Waals surface area (Å²) in [5.41, 5.74) is 0.279. The summed E-state index contributed by atoms with van der Waals surface area (Å²) in [4.78, 5) is 25.9. The highest BCUT2D eigenvalue weighted by atomic mass is 19.2. The van der Waals surface area contributed by atoms with Gasteiger partial charge in [0.2, 0.25) is 5.91 Å². The Kier molecular flexibility index (Phi) is 5.78. The molecule has 1 amide bonds. The molecule has 0 radical (unpaired) electrons. The molecular formula is C20H18F3NO3. The number of ether oxygens (including phenoxy) is 1. The van der Waals surface area contributed by atoms with Crippen molar-refractivity contribution in [2.45, 2.75) is 25.4 Å². The van der Waals surface area contributed by atoms with Gasteiger partial charge in [-0.3, -0.25) is 4.79 Å². The van der Waals surface area contributed by atoms with Crippen molar-refractivity contribution in [1.29, 1.82) is 0 Å². The maximum Gasteiger partial charge on any atom is 0.338 e. The van der Waals surface area contributed by atoms with E-state index >= 15 is 0 Å². The van der Waals surface area contributed by atoms with Crippen molar-refractivity contribution in [3.05, 3.63) is 71.0 Å². The number of carbonyl (C=O) groups is 2. The summed E-state index contributed by atoms with van der Waals surface area (Å²) in [5, 5.41) is 0. The van der Waals surface area contributed by atoms with Crippen LogP contribution in [0.4, 0.5) is 13.2 Å². The molecule has 1 heterocycles. The Morgan fingerprint density at radius 1 is 0.963 bits per heavy atom. The van der Waals surface area contributed by atoms with Gasteiger partial charge < -0.3 is 9.64 Å². The number of amides is 1. The van der Waals surface area contributed by atoms with Crippen LogP contribution in [0.25, 0.3) is 0 Å². The number of carbonyl (C=O) groups excluding carboxylic acids is 2. The fourth-order valence-corrected chi connectivity index (χ4v) is 2.99. The van der Waals surface area contributed by atoms with Crippen molar-refractivity contribution in [2.24, 2.45) is 0 Å². The lowest BCUT2D eigenvalue weighted by atomic mass is 10.1. The number of rotatable bonds is 4. The van der Waals surface area contributed by atoms with E-state index in [2.05, 4.69) is 0 Å². The van der Waals surface area contributed by atoms with Gasteiger partial charge in [-0.1, -0.05) is 18.2 Å². The van der Waals surface area contributed by atoms with Gasteiger partial charge in [-0.25, -0.2) is 18.0 Å². The quantitative estimate of drug-likeness (QED) is 0.605. The van der Waals surface area contributed by atoms with Crippen molar-refractivity contribution < 1.29 is 27.5 Å². The first-order chi connectivity index (χ1) is 12.9. The highest BCUT2D eigenvalue weighted by Crippen LogP contribution is 2.19. The number of esters is 1. The molecule has 2 aromatic rings. The molecule has 7 heteroatoms. The lowest BCUT2D eigenvalue weighted by molar-refractivity contribution is -0.132. The highest BCUT2D eigenvalue weighted by Gasteiger charge is 2.26. The molecule has 1 saturated heterocycles. The molecule has 0 N–H and O–H groups in total. The number of hydrogen-bond acceptors (Lipinski definition) is 3. The van der Waals surface area contributed by atoms with Gasteiger partial charge in [-0.2, -0.15) is 0 Å². The standard InChI is InChI=1S/C20H18F3NO3/c21-16-12-18(23)17(22)10-14(16)11-19(25)24-8-6-15(7-9-24)27-20(26)13-4-2-1-3-5-13/h1-5,10,12,15H,6-9,11H2. The first kappa shape index (κ1) is 18.9. The second kappa shape index (κ2) is 8.24. The summed E-state index contributed by atoms with van der Waals surface area (Å²) in [6, 6.07) is 9.76. The molecule has 0 spiro atoms. The fraction of sp³-hybridized carbons (Fsp3) is 0.300. The van der Waals surface area contributed by atoms with Gasteiger partial charge in [0.25, 0.3) is 0 Å². The Morgan fingerprint density at radius 3 is 2.26 bits per heavy atom. The molecule has 27 heavy (non-hydrogen) atoms. The first-order valence-corrected chi connectivity index (χ1v) is 8.61. The average molecular weight is 377 g/mol. The number of piperidine rings is 1. The Balaban J connectivity index is 1.52. The summed E-state index contributed by atoms with van der Waals surface area (Å²) in [6.07, 6.45) is 0.272. The van der Waals surface area contributed by atoms with Crippen LogP contribution in [0.3, 0.4) is 0 Å². The molecule has 142 valence electrons. The molecule has 2 aromatic carbocycles. The maximum absolute atomic E-state index is 13.7. The van der Waals surface area contributed by atoms with E-state index < -0.39 is 23.4 Å². The van der Waals surface area contributed by atoms with Crippen LogP contribution in [0.5, 0.6) is 0 Å². The monoisotopic (exact) mass is 377 g/mol. The van der Waals surface area contributed by atoms with Crippen LogP contribution in [-0.4, -0.2) is 36.0 Å². The molecule has 1 aliphatic rings. The molecule has 1 aliphatic heterocycles. The van der Waals surface area contributed by atoms with E-state index in [1.807, 2.05) is 0 Å². The zero-order chi connectivity index (χ0) is 19.4. The lowest BCUT2D eigenvalue weighted by Crippen LogP contribution is -2.42. The molecule has 0 bridgehead atoms. The molecule has 1 fully saturated rings. The normalized spacial score (nSPS) is 14.9. The second-order valence-electron chi connectivity index (χ2n) is 6.39. The van der Waals surface area contributed by atoms with Crippen LogP contribution in [0.15, 0.2) is 42.5 Å². The third-order valence-corrected chi connectivity index (χ3v) is 4.51. The number of hydrogen-bond donors (Lipinski definition) is 0. The van der Waals surface area contributed by atoms with Gasteiger partial charge in [-0.15, -0.1) is 0 Å². The maximum atomic E-state index is 13.7. The van der Waals surface area contributed by atoms with Crippen LogP contribution in [0.1, 0.15) is 28.8 Å². The molecule has 0 atom stereocenters. The van der Waals surface area contributed by atoms with Crippen LogP contribution >= 0.6 is 0 Å². The molecule has 4 nitrogen and oxygen atoms in total. The van der Waals surface area contributed by atoms with Gasteiger partial charge >= 0.3 is 5.97 Å². The number of nitrogens with zero attached hydrogens (tertiary/aromatic N) is 1. The molecule has 0 aromatic heterocycles. The van der Waals surface area contributed by atoms with Crippen molar-refractivity contribution in [3.63, 3.8) is 0 Å². The molecule has 3 rings (SSSR count). The van der Waals surface area contributed by atoms with Gasteiger partial charge in [0.15, 0.2) is 11.6 Å². The second-order valence-corrected chi connectivity index (χ2v) is 6.39. The number of halogens is 3. The fourth-order valence-electron chi connectivity index (χ4n) is 2.99. The van der Waals surface area contributed by atoms with Crippen LogP contribution < -0.4 is 0 Å². The van der Waals surface area contributed by atoms with Gasteiger partial charge in [-0.05, 0) is 18.2 Å². The molecule has 0 unspecified atom stereocenters. The largest absolute Gasteiger partial charge is 0.459 e. The molecule has 0 aliphatic carbocycles.